The molecule has 0 aliphatic heterocycles. The lowest BCUT2D eigenvalue weighted by atomic mass is 10.0. The van der Waals surface area contributed by atoms with Crippen molar-refractivity contribution in [1.82, 2.24) is 0 Å². The molecule has 1 aromatic carbocycles. The lowest BCUT2D eigenvalue weighted by Crippen LogP contribution is -2.34. The van der Waals surface area contributed by atoms with Crippen molar-refractivity contribution in [2.75, 3.05) is 5.32 Å². The van der Waals surface area contributed by atoms with Gasteiger partial charge in [0.2, 0.25) is 0 Å². The molecule has 106 valence electrons. The molecule has 0 bridgehead atoms. The van der Waals surface area contributed by atoms with Gasteiger partial charge in [0.25, 0.3) is 0 Å². The molecule has 0 saturated carbocycles. The number of carboxylic acids is 1. The van der Waals surface area contributed by atoms with Crippen molar-refractivity contribution in [3.63, 3.8) is 0 Å². The lowest BCUT2D eigenvalue weighted by Gasteiger charge is -2.20. The third kappa shape index (κ3) is 4.02. The van der Waals surface area contributed by atoms with E-state index in [1.54, 1.807) is 13.8 Å². The summed E-state index contributed by atoms with van der Waals surface area (Å²) in [6.07, 6.45) is -4.50. The van der Waals surface area contributed by atoms with Gasteiger partial charge < -0.3 is 10.4 Å². The second kappa shape index (κ2) is 5.69. The van der Waals surface area contributed by atoms with E-state index >= 15 is 0 Å². The molecule has 0 fully saturated rings. The van der Waals surface area contributed by atoms with Crippen LogP contribution in [0, 0.1) is 5.92 Å². The van der Waals surface area contributed by atoms with E-state index in [9.17, 15) is 18.0 Å². The molecule has 0 amide bonds. The fraction of sp³-hybridized carbons (Fsp3) is 0.417. The maximum Gasteiger partial charge on any atom is 0.416 e. The van der Waals surface area contributed by atoms with Gasteiger partial charge in [-0.1, -0.05) is 25.4 Å². The number of anilines is 1. The monoisotopic (exact) mass is 295 g/mol. The van der Waals surface area contributed by atoms with E-state index in [4.69, 9.17) is 16.7 Å². The normalized spacial score (nSPS) is 13.4. The molecule has 0 spiro atoms. The Morgan fingerprint density at radius 3 is 2.37 bits per heavy atom. The summed E-state index contributed by atoms with van der Waals surface area (Å²) in [4.78, 5) is 11.0. The highest BCUT2D eigenvalue weighted by Gasteiger charge is 2.31. The van der Waals surface area contributed by atoms with Gasteiger partial charge >= 0.3 is 12.1 Å². The average molecular weight is 296 g/mol. The number of alkyl halides is 3. The van der Waals surface area contributed by atoms with Gasteiger partial charge in [-0.25, -0.2) is 4.79 Å². The third-order valence-electron chi connectivity index (χ3n) is 2.54. The number of hydrogen-bond donors (Lipinski definition) is 2. The van der Waals surface area contributed by atoms with Crippen molar-refractivity contribution in [2.24, 2.45) is 5.92 Å². The molecule has 1 atom stereocenters. The van der Waals surface area contributed by atoms with E-state index in [0.717, 1.165) is 18.2 Å². The molecular weight excluding hydrogens is 283 g/mol. The van der Waals surface area contributed by atoms with Gasteiger partial charge in [0.15, 0.2) is 0 Å². The van der Waals surface area contributed by atoms with Gasteiger partial charge in [-0.15, -0.1) is 0 Å². The number of benzene rings is 1. The third-order valence-corrected chi connectivity index (χ3v) is 2.87. The molecule has 0 saturated heterocycles. The summed E-state index contributed by atoms with van der Waals surface area (Å²) in [6, 6.07) is 1.73. The summed E-state index contributed by atoms with van der Waals surface area (Å²) in [6.45, 7) is 3.29. The number of carbonyl (C=O) groups is 1. The van der Waals surface area contributed by atoms with Crippen LogP contribution in [0.4, 0.5) is 18.9 Å². The Morgan fingerprint density at radius 1 is 1.37 bits per heavy atom. The van der Waals surface area contributed by atoms with Crippen molar-refractivity contribution in [1.29, 1.82) is 0 Å². The minimum Gasteiger partial charge on any atom is -0.480 e. The van der Waals surface area contributed by atoms with Crippen LogP contribution in [0.2, 0.25) is 5.02 Å². The first-order chi connectivity index (χ1) is 8.62. The van der Waals surface area contributed by atoms with Crippen molar-refractivity contribution in [3.05, 3.63) is 28.8 Å². The Kier molecular flexibility index (Phi) is 4.68. The van der Waals surface area contributed by atoms with Gasteiger partial charge in [0.1, 0.15) is 6.04 Å². The summed E-state index contributed by atoms with van der Waals surface area (Å²) < 4.78 is 37.7. The molecule has 1 rings (SSSR count). The molecule has 0 aliphatic rings. The van der Waals surface area contributed by atoms with E-state index in [-0.39, 0.29) is 16.6 Å². The van der Waals surface area contributed by atoms with Crippen LogP contribution < -0.4 is 5.32 Å². The lowest BCUT2D eigenvalue weighted by molar-refractivity contribution is -0.139. The minimum absolute atomic E-state index is 0.0416. The fourth-order valence-corrected chi connectivity index (χ4v) is 1.67. The number of halogens is 4. The quantitative estimate of drug-likeness (QED) is 0.886. The number of hydrogen-bond acceptors (Lipinski definition) is 2. The van der Waals surface area contributed by atoms with Crippen molar-refractivity contribution < 1.29 is 23.1 Å². The average Bonchev–Trinajstić information content (AvgIpc) is 2.25. The summed E-state index contributed by atoms with van der Waals surface area (Å²) in [5, 5.41) is 11.6. The predicted molar refractivity (Wildman–Crippen MR) is 66.3 cm³/mol. The first kappa shape index (κ1) is 15.6. The van der Waals surface area contributed by atoms with Gasteiger partial charge in [0.05, 0.1) is 16.3 Å². The largest absolute Gasteiger partial charge is 0.480 e. The molecule has 7 heteroatoms. The number of aliphatic carboxylic acids is 1. The highest BCUT2D eigenvalue weighted by Crippen LogP contribution is 2.34. The topological polar surface area (TPSA) is 49.3 Å². The maximum absolute atomic E-state index is 12.6. The maximum atomic E-state index is 12.6. The van der Waals surface area contributed by atoms with E-state index < -0.39 is 23.8 Å². The standard InChI is InChI=1S/C12H13ClF3NO2/c1-6(2)10(11(18)19)17-9-5-7(12(14,15)16)3-4-8(9)13/h3-6,10,17H,1-2H3,(H,18,19)/t10-/m0/s1. The number of carboxylic acid groups (broad SMARTS) is 1. The van der Waals surface area contributed by atoms with Crippen molar-refractivity contribution >= 4 is 23.3 Å². The zero-order valence-corrected chi connectivity index (χ0v) is 11.0. The predicted octanol–water partition coefficient (Wildman–Crippen LogP) is 3.88. The Bertz CT molecular complexity index is 475. The van der Waals surface area contributed by atoms with Crippen LogP contribution in [0.5, 0.6) is 0 Å². The smallest absolute Gasteiger partial charge is 0.416 e. The summed E-state index contributed by atoms with van der Waals surface area (Å²) >= 11 is 5.78. The summed E-state index contributed by atoms with van der Waals surface area (Å²) in [5.74, 6) is -1.45. The molecule has 1 aromatic rings. The Labute approximate surface area is 113 Å². The minimum atomic E-state index is -4.50. The summed E-state index contributed by atoms with van der Waals surface area (Å²) in [7, 11) is 0. The zero-order chi connectivity index (χ0) is 14.8. The van der Waals surface area contributed by atoms with Crippen LogP contribution in [0.3, 0.4) is 0 Å². The molecule has 19 heavy (non-hydrogen) atoms. The van der Waals surface area contributed by atoms with Crippen LogP contribution in [-0.4, -0.2) is 17.1 Å². The molecule has 0 heterocycles. The van der Waals surface area contributed by atoms with Gasteiger partial charge in [-0.05, 0) is 24.1 Å². The Hall–Kier alpha value is -1.43. The van der Waals surface area contributed by atoms with E-state index in [2.05, 4.69) is 5.32 Å². The molecule has 0 unspecified atom stereocenters. The fourth-order valence-electron chi connectivity index (χ4n) is 1.49. The molecule has 0 radical (unpaired) electrons. The first-order valence-corrected chi connectivity index (χ1v) is 5.87. The SMILES string of the molecule is CC(C)[C@H](Nc1cc(C(F)(F)F)ccc1Cl)C(=O)O. The molecule has 2 N–H and O–H groups in total. The van der Waals surface area contributed by atoms with Crippen molar-refractivity contribution in [2.45, 2.75) is 26.1 Å². The van der Waals surface area contributed by atoms with E-state index in [0.29, 0.717) is 0 Å². The second-order valence-corrected chi connectivity index (χ2v) is 4.80. The number of rotatable bonds is 4. The Balaban J connectivity index is 3.09. The first-order valence-electron chi connectivity index (χ1n) is 5.49. The van der Waals surface area contributed by atoms with Gasteiger partial charge in [-0.2, -0.15) is 13.2 Å². The highest BCUT2D eigenvalue weighted by molar-refractivity contribution is 6.33. The van der Waals surface area contributed by atoms with Crippen LogP contribution >= 0.6 is 11.6 Å². The van der Waals surface area contributed by atoms with Crippen molar-refractivity contribution in [3.8, 4) is 0 Å². The van der Waals surface area contributed by atoms with Crippen LogP contribution in [0.1, 0.15) is 19.4 Å². The van der Waals surface area contributed by atoms with Crippen LogP contribution in [0.15, 0.2) is 18.2 Å². The van der Waals surface area contributed by atoms with Crippen LogP contribution in [-0.2, 0) is 11.0 Å². The van der Waals surface area contributed by atoms with E-state index in [1.807, 2.05) is 0 Å². The van der Waals surface area contributed by atoms with Gasteiger partial charge in [-0.3, -0.25) is 0 Å². The number of nitrogens with one attached hydrogen (secondary N) is 1. The molecule has 0 aliphatic carbocycles. The molecule has 3 nitrogen and oxygen atoms in total. The van der Waals surface area contributed by atoms with E-state index in [1.165, 1.54) is 0 Å². The van der Waals surface area contributed by atoms with Gasteiger partial charge in [0, 0.05) is 0 Å². The Morgan fingerprint density at radius 2 is 1.95 bits per heavy atom. The molecular formula is C12H13ClF3NO2. The van der Waals surface area contributed by atoms with Crippen LogP contribution in [0.25, 0.3) is 0 Å². The second-order valence-electron chi connectivity index (χ2n) is 4.40. The zero-order valence-electron chi connectivity index (χ0n) is 10.3. The summed E-state index contributed by atoms with van der Waals surface area (Å²) in [5.41, 5.74) is -0.926. The molecule has 0 aromatic heterocycles. The highest BCUT2D eigenvalue weighted by atomic mass is 35.5.